The standard InChI is InChI=1S/C15H19BrO3/c1-10-8-18-12-5-4-11(7-14(12)19-9-10)15(16)13-3-2-6-17-13/h4-5,7,10,13,15H,2-3,6,8-9H2,1H3. The summed E-state index contributed by atoms with van der Waals surface area (Å²) in [6, 6.07) is 6.18. The van der Waals surface area contributed by atoms with Crippen LogP contribution in [0.4, 0.5) is 0 Å². The monoisotopic (exact) mass is 326 g/mol. The highest BCUT2D eigenvalue weighted by molar-refractivity contribution is 9.09. The van der Waals surface area contributed by atoms with Gasteiger partial charge in [0.05, 0.1) is 24.1 Å². The van der Waals surface area contributed by atoms with Gasteiger partial charge in [-0.05, 0) is 30.5 Å². The van der Waals surface area contributed by atoms with E-state index in [-0.39, 0.29) is 10.9 Å². The van der Waals surface area contributed by atoms with E-state index in [1.165, 1.54) is 5.56 Å². The Balaban J connectivity index is 1.80. The average Bonchev–Trinajstić information content (AvgIpc) is 2.90. The van der Waals surface area contributed by atoms with Crippen LogP contribution in [0.3, 0.4) is 0 Å². The van der Waals surface area contributed by atoms with Crippen molar-refractivity contribution < 1.29 is 14.2 Å². The highest BCUT2D eigenvalue weighted by atomic mass is 79.9. The predicted molar refractivity (Wildman–Crippen MR) is 77.2 cm³/mol. The molecule has 3 unspecified atom stereocenters. The Morgan fingerprint density at radius 2 is 2.00 bits per heavy atom. The molecule has 1 aromatic rings. The second kappa shape index (κ2) is 5.71. The van der Waals surface area contributed by atoms with Crippen molar-refractivity contribution in [2.75, 3.05) is 19.8 Å². The molecule has 3 nitrogen and oxygen atoms in total. The van der Waals surface area contributed by atoms with Crippen molar-refractivity contribution in [3.63, 3.8) is 0 Å². The van der Waals surface area contributed by atoms with E-state index in [1.807, 2.05) is 6.07 Å². The number of halogens is 1. The normalized spacial score (nSPS) is 27.9. The van der Waals surface area contributed by atoms with Crippen molar-refractivity contribution in [2.24, 2.45) is 5.92 Å². The second-order valence-electron chi connectivity index (χ2n) is 5.39. The van der Waals surface area contributed by atoms with Gasteiger partial charge in [-0.1, -0.05) is 28.9 Å². The molecule has 1 saturated heterocycles. The van der Waals surface area contributed by atoms with Gasteiger partial charge in [-0.25, -0.2) is 0 Å². The molecule has 1 aromatic carbocycles. The molecule has 0 saturated carbocycles. The fourth-order valence-corrected chi connectivity index (χ4v) is 3.19. The molecular weight excluding hydrogens is 308 g/mol. The van der Waals surface area contributed by atoms with Gasteiger partial charge in [0.15, 0.2) is 11.5 Å². The summed E-state index contributed by atoms with van der Waals surface area (Å²) < 4.78 is 17.3. The highest BCUT2D eigenvalue weighted by Gasteiger charge is 2.26. The Kier molecular flexibility index (Phi) is 3.99. The number of fused-ring (bicyclic) bond motifs is 1. The summed E-state index contributed by atoms with van der Waals surface area (Å²) in [5, 5.41) is 0. The van der Waals surface area contributed by atoms with E-state index < -0.39 is 0 Å². The van der Waals surface area contributed by atoms with Gasteiger partial charge >= 0.3 is 0 Å². The molecule has 1 fully saturated rings. The van der Waals surface area contributed by atoms with Gasteiger partial charge in [-0.15, -0.1) is 0 Å². The van der Waals surface area contributed by atoms with Crippen LogP contribution in [0, 0.1) is 5.92 Å². The van der Waals surface area contributed by atoms with Gasteiger partial charge in [0.2, 0.25) is 0 Å². The molecule has 0 spiro atoms. The van der Waals surface area contributed by atoms with Crippen LogP contribution >= 0.6 is 15.9 Å². The van der Waals surface area contributed by atoms with Crippen molar-refractivity contribution in [2.45, 2.75) is 30.7 Å². The number of ether oxygens (including phenoxy) is 3. The van der Waals surface area contributed by atoms with E-state index in [2.05, 4.69) is 35.0 Å². The van der Waals surface area contributed by atoms with E-state index in [9.17, 15) is 0 Å². The van der Waals surface area contributed by atoms with Crippen LogP contribution in [0.1, 0.15) is 30.2 Å². The molecular formula is C15H19BrO3. The molecule has 0 aromatic heterocycles. The first-order valence-electron chi connectivity index (χ1n) is 6.89. The lowest BCUT2D eigenvalue weighted by molar-refractivity contribution is 0.110. The molecule has 2 aliphatic rings. The molecule has 0 bridgehead atoms. The van der Waals surface area contributed by atoms with Gasteiger partial charge in [-0.3, -0.25) is 0 Å². The molecule has 2 aliphatic heterocycles. The fourth-order valence-electron chi connectivity index (χ4n) is 2.49. The number of hydrogen-bond donors (Lipinski definition) is 0. The zero-order valence-corrected chi connectivity index (χ0v) is 12.7. The van der Waals surface area contributed by atoms with Gasteiger partial charge in [0.1, 0.15) is 0 Å². The lowest BCUT2D eigenvalue weighted by Crippen LogP contribution is -2.12. The quantitative estimate of drug-likeness (QED) is 0.775. The van der Waals surface area contributed by atoms with Crippen molar-refractivity contribution in [3.8, 4) is 11.5 Å². The minimum atomic E-state index is 0.226. The van der Waals surface area contributed by atoms with Crippen LogP contribution in [0.5, 0.6) is 11.5 Å². The largest absolute Gasteiger partial charge is 0.489 e. The number of hydrogen-bond acceptors (Lipinski definition) is 3. The van der Waals surface area contributed by atoms with E-state index in [0.717, 1.165) is 37.6 Å². The van der Waals surface area contributed by atoms with Crippen LogP contribution in [-0.4, -0.2) is 25.9 Å². The zero-order valence-electron chi connectivity index (χ0n) is 11.1. The van der Waals surface area contributed by atoms with Crippen LogP contribution in [0.25, 0.3) is 0 Å². The average molecular weight is 327 g/mol. The van der Waals surface area contributed by atoms with E-state index in [4.69, 9.17) is 14.2 Å². The Morgan fingerprint density at radius 3 is 2.74 bits per heavy atom. The first-order chi connectivity index (χ1) is 9.24. The maximum absolute atomic E-state index is 5.83. The number of rotatable bonds is 2. The molecule has 0 amide bonds. The SMILES string of the molecule is CC1COc2ccc(C(Br)C3CCCO3)cc2OC1. The maximum Gasteiger partial charge on any atom is 0.161 e. The summed E-state index contributed by atoms with van der Waals surface area (Å²) in [7, 11) is 0. The zero-order chi connectivity index (χ0) is 13.2. The maximum atomic E-state index is 5.83. The van der Waals surface area contributed by atoms with Crippen LogP contribution < -0.4 is 9.47 Å². The van der Waals surface area contributed by atoms with Crippen molar-refractivity contribution in [1.29, 1.82) is 0 Å². The molecule has 3 rings (SSSR count). The van der Waals surface area contributed by atoms with Crippen molar-refractivity contribution in [1.82, 2.24) is 0 Å². The van der Waals surface area contributed by atoms with Gasteiger partial charge in [0.25, 0.3) is 0 Å². The fraction of sp³-hybridized carbons (Fsp3) is 0.600. The number of benzene rings is 1. The predicted octanol–water partition coefficient (Wildman–Crippen LogP) is 3.71. The van der Waals surface area contributed by atoms with Gasteiger partial charge in [0, 0.05) is 12.5 Å². The third-order valence-electron chi connectivity index (χ3n) is 3.62. The van der Waals surface area contributed by atoms with E-state index in [1.54, 1.807) is 0 Å². The summed E-state index contributed by atoms with van der Waals surface area (Å²) in [6.07, 6.45) is 2.53. The molecule has 19 heavy (non-hydrogen) atoms. The van der Waals surface area contributed by atoms with Gasteiger partial charge in [-0.2, -0.15) is 0 Å². The molecule has 2 heterocycles. The molecule has 4 heteroatoms. The van der Waals surface area contributed by atoms with Crippen molar-refractivity contribution >= 4 is 15.9 Å². The summed E-state index contributed by atoms with van der Waals surface area (Å²) in [6.45, 7) is 4.43. The molecule has 0 N–H and O–H groups in total. The molecule has 0 aliphatic carbocycles. The smallest absolute Gasteiger partial charge is 0.161 e. The van der Waals surface area contributed by atoms with Crippen molar-refractivity contribution in [3.05, 3.63) is 23.8 Å². The Bertz CT molecular complexity index is 443. The summed E-state index contributed by atoms with van der Waals surface area (Å²) in [5.74, 6) is 2.12. The Labute approximate surface area is 122 Å². The minimum Gasteiger partial charge on any atom is -0.489 e. The third kappa shape index (κ3) is 2.90. The van der Waals surface area contributed by atoms with Crippen LogP contribution in [0.15, 0.2) is 18.2 Å². The number of alkyl halides is 1. The Morgan fingerprint density at radius 1 is 1.21 bits per heavy atom. The first kappa shape index (κ1) is 13.3. The molecule has 3 atom stereocenters. The summed E-state index contributed by atoms with van der Waals surface area (Å²) in [5.41, 5.74) is 1.20. The van der Waals surface area contributed by atoms with Gasteiger partial charge < -0.3 is 14.2 Å². The summed E-state index contributed by atoms with van der Waals surface area (Å²) >= 11 is 3.75. The molecule has 0 radical (unpaired) electrons. The Hall–Kier alpha value is -0.740. The highest BCUT2D eigenvalue weighted by Crippen LogP contribution is 2.39. The third-order valence-corrected chi connectivity index (χ3v) is 4.74. The first-order valence-corrected chi connectivity index (χ1v) is 7.81. The summed E-state index contributed by atoms with van der Waals surface area (Å²) in [4.78, 5) is 0.226. The second-order valence-corrected chi connectivity index (χ2v) is 6.37. The topological polar surface area (TPSA) is 27.7 Å². The van der Waals surface area contributed by atoms with E-state index >= 15 is 0 Å². The molecule has 104 valence electrons. The lowest BCUT2D eigenvalue weighted by atomic mass is 10.1. The lowest BCUT2D eigenvalue weighted by Gasteiger charge is -2.18. The minimum absolute atomic E-state index is 0.226. The van der Waals surface area contributed by atoms with Crippen LogP contribution in [0.2, 0.25) is 0 Å². The van der Waals surface area contributed by atoms with Crippen LogP contribution in [-0.2, 0) is 4.74 Å². The van der Waals surface area contributed by atoms with E-state index in [0.29, 0.717) is 12.5 Å².